The van der Waals surface area contributed by atoms with E-state index in [1.54, 1.807) is 63.2 Å². The Morgan fingerprint density at radius 2 is 1.95 bits per heavy atom. The summed E-state index contributed by atoms with van der Waals surface area (Å²) in [5.41, 5.74) is 1.23. The first kappa shape index (κ1) is 27.5. The minimum absolute atomic E-state index is 0.212. The van der Waals surface area contributed by atoms with Crippen LogP contribution < -0.4 is 10.1 Å². The van der Waals surface area contributed by atoms with Gasteiger partial charge in [-0.15, -0.1) is 0 Å². The molecule has 0 unspecified atom stereocenters. The van der Waals surface area contributed by atoms with E-state index in [1.165, 1.54) is 17.9 Å². The van der Waals surface area contributed by atoms with E-state index in [0.29, 0.717) is 33.3 Å². The van der Waals surface area contributed by atoms with E-state index in [0.717, 1.165) is 4.47 Å². The number of halogens is 1. The van der Waals surface area contributed by atoms with E-state index in [9.17, 15) is 25.2 Å². The van der Waals surface area contributed by atoms with Crippen molar-refractivity contribution in [1.82, 2.24) is 9.88 Å². The molecule has 9 nitrogen and oxygen atoms in total. The Morgan fingerprint density at radius 3 is 2.54 bits per heavy atom. The fourth-order valence-corrected chi connectivity index (χ4v) is 4.01. The molecule has 0 saturated carbocycles. The summed E-state index contributed by atoms with van der Waals surface area (Å²) in [6.45, 7) is 4.39. The topological polar surface area (TPSA) is 137 Å². The third kappa shape index (κ3) is 6.36. The molecule has 0 fully saturated rings. The number of ether oxygens (including phenoxy) is 2. The number of alkyl carbamates (subject to hydrolysis) is 1. The molecule has 1 amide bonds. The van der Waals surface area contributed by atoms with Crippen molar-refractivity contribution in [1.29, 1.82) is 10.5 Å². The van der Waals surface area contributed by atoms with Gasteiger partial charge in [-0.3, -0.25) is 9.36 Å². The molecule has 0 aliphatic heterocycles. The van der Waals surface area contributed by atoms with Gasteiger partial charge in [0.1, 0.15) is 17.4 Å². The molecule has 3 rings (SSSR count). The smallest absolute Gasteiger partial charge is 0.408 e. The number of rotatable bonds is 6. The molecular weight excluding hydrogens is 540 g/mol. The highest BCUT2D eigenvalue weighted by molar-refractivity contribution is 9.10. The number of aliphatic hydroxyl groups is 1. The van der Waals surface area contributed by atoms with Gasteiger partial charge < -0.3 is 19.9 Å². The lowest BCUT2D eigenvalue weighted by Gasteiger charge is -2.22. The standard InChI is InChI=1S/C27H25BrN4O5/c1-27(2,3)37-26(35)31-22(15-33)25(34)32-14-21(20-11-19(28)6-7-23(20)32)18(13-30)10-17-9-16(12-29)5-8-24(17)36-4/h5-11,14,22,33H,15H2,1-4H3,(H,31,35)/t22-/m0/s1. The number of methoxy groups -OCH3 is 1. The molecule has 0 radical (unpaired) electrons. The zero-order chi connectivity index (χ0) is 27.3. The van der Waals surface area contributed by atoms with Crippen LogP contribution in [0.5, 0.6) is 5.75 Å². The summed E-state index contributed by atoms with van der Waals surface area (Å²) < 4.78 is 12.6. The molecule has 1 atom stereocenters. The number of nitrogens with zero attached hydrogens (tertiary/aromatic N) is 3. The van der Waals surface area contributed by atoms with E-state index in [-0.39, 0.29) is 5.57 Å². The Balaban J connectivity index is 2.13. The largest absolute Gasteiger partial charge is 0.496 e. The molecule has 10 heteroatoms. The average Bonchev–Trinajstić information content (AvgIpc) is 3.22. The van der Waals surface area contributed by atoms with Crippen LogP contribution in [-0.4, -0.2) is 47.0 Å². The number of aromatic nitrogens is 1. The number of nitrogens with one attached hydrogen (secondary N) is 1. The first-order valence-electron chi connectivity index (χ1n) is 11.2. The van der Waals surface area contributed by atoms with Crippen LogP contribution in [0.2, 0.25) is 0 Å². The van der Waals surface area contributed by atoms with E-state index in [2.05, 4.69) is 33.4 Å². The second kappa shape index (κ2) is 11.3. The Hall–Kier alpha value is -4.12. The van der Waals surface area contributed by atoms with Gasteiger partial charge in [0.15, 0.2) is 0 Å². The van der Waals surface area contributed by atoms with Gasteiger partial charge in [-0.05, 0) is 63.2 Å². The minimum Gasteiger partial charge on any atom is -0.496 e. The highest BCUT2D eigenvalue weighted by Gasteiger charge is 2.27. The first-order chi connectivity index (χ1) is 17.5. The van der Waals surface area contributed by atoms with Crippen molar-refractivity contribution in [2.45, 2.75) is 32.4 Å². The van der Waals surface area contributed by atoms with Crippen LogP contribution in [0.4, 0.5) is 4.79 Å². The lowest BCUT2D eigenvalue weighted by atomic mass is 10.0. The Kier molecular flexibility index (Phi) is 8.38. The third-order valence-corrected chi connectivity index (χ3v) is 5.74. The molecule has 0 aliphatic rings. The molecule has 0 aliphatic carbocycles. The molecular formula is C27H25BrN4O5. The summed E-state index contributed by atoms with van der Waals surface area (Å²) in [4.78, 5) is 25.7. The quantitative estimate of drug-likeness (QED) is 0.407. The van der Waals surface area contributed by atoms with Gasteiger partial charge in [0.2, 0.25) is 0 Å². The number of amides is 1. The van der Waals surface area contributed by atoms with Crippen LogP contribution in [0.15, 0.2) is 47.1 Å². The van der Waals surface area contributed by atoms with Crippen LogP contribution in [-0.2, 0) is 4.74 Å². The number of nitriles is 2. The van der Waals surface area contributed by atoms with Crippen LogP contribution in [0, 0.1) is 22.7 Å². The predicted molar refractivity (Wildman–Crippen MR) is 142 cm³/mol. The van der Waals surface area contributed by atoms with Crippen molar-refractivity contribution in [3.63, 3.8) is 0 Å². The van der Waals surface area contributed by atoms with Crippen molar-refractivity contribution in [2.24, 2.45) is 0 Å². The summed E-state index contributed by atoms with van der Waals surface area (Å²) in [5.74, 6) is -0.150. The maximum absolute atomic E-state index is 13.4. The van der Waals surface area contributed by atoms with Gasteiger partial charge in [0, 0.05) is 27.2 Å². The SMILES string of the molecule is COc1ccc(C#N)cc1C=C(C#N)c1cn(C(=O)[C@H](CO)NC(=O)OC(C)(C)C)c2ccc(Br)cc12. The number of carbonyl (C=O) groups excluding carboxylic acids is 2. The predicted octanol–water partition coefficient (Wildman–Crippen LogP) is 4.87. The number of aliphatic hydroxyl groups excluding tert-OH is 1. The molecule has 1 heterocycles. The van der Waals surface area contributed by atoms with Crippen molar-refractivity contribution >= 4 is 50.5 Å². The van der Waals surface area contributed by atoms with Gasteiger partial charge in [-0.2, -0.15) is 10.5 Å². The Bertz CT molecular complexity index is 1470. The van der Waals surface area contributed by atoms with Gasteiger partial charge in [-0.25, -0.2) is 4.79 Å². The lowest BCUT2D eigenvalue weighted by molar-refractivity contribution is 0.0455. The van der Waals surface area contributed by atoms with Crippen molar-refractivity contribution in [2.75, 3.05) is 13.7 Å². The minimum atomic E-state index is -1.29. The first-order valence-corrected chi connectivity index (χ1v) is 12.0. The molecule has 1 aromatic heterocycles. The number of fused-ring (bicyclic) bond motifs is 1. The number of benzene rings is 2. The maximum Gasteiger partial charge on any atom is 0.408 e. The zero-order valence-corrected chi connectivity index (χ0v) is 22.3. The van der Waals surface area contributed by atoms with Crippen molar-refractivity contribution < 1.29 is 24.2 Å². The van der Waals surface area contributed by atoms with Crippen LogP contribution in [0.3, 0.4) is 0 Å². The molecule has 0 spiro atoms. The number of hydrogen-bond donors (Lipinski definition) is 2. The van der Waals surface area contributed by atoms with E-state index < -0.39 is 30.3 Å². The fourth-order valence-electron chi connectivity index (χ4n) is 3.64. The molecule has 2 N–H and O–H groups in total. The van der Waals surface area contributed by atoms with E-state index in [4.69, 9.17) is 9.47 Å². The van der Waals surface area contributed by atoms with Crippen LogP contribution in [0.1, 0.15) is 42.3 Å². The number of hydrogen-bond acceptors (Lipinski definition) is 7. The summed E-state index contributed by atoms with van der Waals surface area (Å²) in [5, 5.41) is 32.2. The van der Waals surface area contributed by atoms with E-state index in [1.807, 2.05) is 0 Å². The monoisotopic (exact) mass is 564 g/mol. The second-order valence-electron chi connectivity index (χ2n) is 9.03. The summed E-state index contributed by atoms with van der Waals surface area (Å²) in [7, 11) is 1.49. The van der Waals surface area contributed by atoms with Gasteiger partial charge >= 0.3 is 6.09 Å². The summed E-state index contributed by atoms with van der Waals surface area (Å²) >= 11 is 3.43. The van der Waals surface area contributed by atoms with E-state index >= 15 is 0 Å². The molecule has 0 saturated heterocycles. The van der Waals surface area contributed by atoms with Crippen molar-refractivity contribution in [3.05, 3.63) is 63.8 Å². The Morgan fingerprint density at radius 1 is 1.22 bits per heavy atom. The molecule has 190 valence electrons. The molecule has 3 aromatic rings. The number of carbonyl (C=O) groups is 2. The van der Waals surface area contributed by atoms with Crippen molar-refractivity contribution in [3.8, 4) is 17.9 Å². The molecule has 2 aromatic carbocycles. The van der Waals surface area contributed by atoms with Gasteiger partial charge in [-0.1, -0.05) is 15.9 Å². The second-order valence-corrected chi connectivity index (χ2v) is 9.95. The highest BCUT2D eigenvalue weighted by atomic mass is 79.9. The molecule has 37 heavy (non-hydrogen) atoms. The Labute approximate surface area is 222 Å². The maximum atomic E-state index is 13.4. The zero-order valence-electron chi connectivity index (χ0n) is 20.7. The fraction of sp³-hybridized carbons (Fsp3) is 0.259. The lowest BCUT2D eigenvalue weighted by Crippen LogP contribution is -2.47. The van der Waals surface area contributed by atoms with Crippen LogP contribution in [0.25, 0.3) is 22.6 Å². The normalized spacial score (nSPS) is 12.4. The third-order valence-electron chi connectivity index (χ3n) is 5.24. The summed E-state index contributed by atoms with van der Waals surface area (Å²) in [6, 6.07) is 13.0. The highest BCUT2D eigenvalue weighted by Crippen LogP contribution is 2.33. The number of allylic oxidation sites excluding steroid dienone is 1. The van der Waals surface area contributed by atoms with Gasteiger partial charge in [0.25, 0.3) is 5.91 Å². The summed E-state index contributed by atoms with van der Waals surface area (Å²) in [6.07, 6.45) is 2.21. The average molecular weight is 565 g/mol. The molecule has 0 bridgehead atoms. The van der Waals surface area contributed by atoms with Crippen LogP contribution >= 0.6 is 15.9 Å². The van der Waals surface area contributed by atoms with Gasteiger partial charge in [0.05, 0.1) is 42.5 Å².